The summed E-state index contributed by atoms with van der Waals surface area (Å²) in [5.74, 6) is -1.01. The average Bonchev–Trinajstić information content (AvgIpc) is 3.08. The van der Waals surface area contributed by atoms with Crippen molar-refractivity contribution in [3.63, 3.8) is 0 Å². The number of rotatable bonds is 4. The highest BCUT2D eigenvalue weighted by Gasteiger charge is 2.67. The van der Waals surface area contributed by atoms with E-state index in [4.69, 9.17) is 9.47 Å². The number of hydrogen-bond acceptors (Lipinski definition) is 5. The zero-order valence-corrected chi connectivity index (χ0v) is 15.3. The van der Waals surface area contributed by atoms with Crippen molar-refractivity contribution < 1.29 is 23.9 Å². The molecule has 6 unspecified atom stereocenters. The second-order valence-electron chi connectivity index (χ2n) is 7.83. The van der Waals surface area contributed by atoms with E-state index < -0.39 is 17.7 Å². The number of ketones is 2. The fourth-order valence-electron chi connectivity index (χ4n) is 4.15. The molecule has 0 radical (unpaired) electrons. The summed E-state index contributed by atoms with van der Waals surface area (Å²) in [6.45, 7) is 11.0. The molecule has 25 heavy (non-hydrogen) atoms. The van der Waals surface area contributed by atoms with Crippen LogP contribution in [0.2, 0.25) is 0 Å². The van der Waals surface area contributed by atoms with Crippen LogP contribution in [-0.2, 0) is 23.9 Å². The molecule has 2 aliphatic carbocycles. The van der Waals surface area contributed by atoms with Crippen LogP contribution in [0.25, 0.3) is 0 Å². The predicted molar refractivity (Wildman–Crippen MR) is 91.7 cm³/mol. The molecule has 3 aliphatic rings. The monoisotopic (exact) mass is 346 g/mol. The first-order chi connectivity index (χ1) is 11.7. The van der Waals surface area contributed by atoms with Crippen molar-refractivity contribution in [3.8, 4) is 0 Å². The Hall–Kier alpha value is -1.75. The summed E-state index contributed by atoms with van der Waals surface area (Å²) in [5, 5.41) is 0. The number of allylic oxidation sites excluding steroid dienone is 2. The van der Waals surface area contributed by atoms with Gasteiger partial charge >= 0.3 is 5.97 Å². The summed E-state index contributed by atoms with van der Waals surface area (Å²) >= 11 is 0. The van der Waals surface area contributed by atoms with E-state index >= 15 is 0 Å². The number of fused-ring (bicyclic) bond motifs is 1. The minimum atomic E-state index is -0.913. The minimum absolute atomic E-state index is 0.138. The van der Waals surface area contributed by atoms with Crippen LogP contribution in [-0.4, -0.2) is 35.3 Å². The topological polar surface area (TPSA) is 73.0 Å². The molecule has 136 valence electrons. The first kappa shape index (κ1) is 18.1. The van der Waals surface area contributed by atoms with Crippen LogP contribution in [0.5, 0.6) is 0 Å². The third-order valence-corrected chi connectivity index (χ3v) is 6.17. The fraction of sp³-hybridized carbons (Fsp3) is 0.650. The Morgan fingerprint density at radius 2 is 2.00 bits per heavy atom. The van der Waals surface area contributed by atoms with E-state index in [2.05, 4.69) is 6.58 Å². The lowest BCUT2D eigenvalue weighted by Crippen LogP contribution is -2.50. The van der Waals surface area contributed by atoms with E-state index in [1.54, 1.807) is 26.8 Å². The van der Waals surface area contributed by atoms with Crippen molar-refractivity contribution in [3.05, 3.63) is 23.8 Å². The highest BCUT2D eigenvalue weighted by molar-refractivity contribution is 5.99. The second-order valence-corrected chi connectivity index (χ2v) is 7.83. The van der Waals surface area contributed by atoms with Gasteiger partial charge in [-0.2, -0.15) is 0 Å². The first-order valence-electron chi connectivity index (χ1n) is 8.93. The molecule has 3 fully saturated rings. The number of Topliss-reactive ketones (excluding diaryl/α,β-unsaturated/α-hetero) is 2. The molecule has 0 N–H and O–H groups in total. The van der Waals surface area contributed by atoms with Gasteiger partial charge in [-0.25, -0.2) is 4.79 Å². The van der Waals surface area contributed by atoms with E-state index in [9.17, 15) is 14.4 Å². The van der Waals surface area contributed by atoms with Crippen LogP contribution < -0.4 is 0 Å². The molecule has 1 heterocycles. The van der Waals surface area contributed by atoms with Crippen LogP contribution in [0, 0.1) is 17.8 Å². The third kappa shape index (κ3) is 2.99. The SMILES string of the molecule is C=C(C)C1CC(=O)C(C2CC3OC3(C)C(=O)C2OC(=O)C(C)=CC)C1. The number of carbonyl (C=O) groups is 3. The maximum atomic E-state index is 12.9. The van der Waals surface area contributed by atoms with Gasteiger partial charge in [-0.3, -0.25) is 9.59 Å². The van der Waals surface area contributed by atoms with Crippen LogP contribution in [0.15, 0.2) is 23.8 Å². The van der Waals surface area contributed by atoms with Crippen molar-refractivity contribution in [2.75, 3.05) is 0 Å². The molecule has 0 aromatic carbocycles. The maximum Gasteiger partial charge on any atom is 0.334 e. The van der Waals surface area contributed by atoms with Gasteiger partial charge in [-0.1, -0.05) is 18.2 Å². The molecule has 2 saturated carbocycles. The van der Waals surface area contributed by atoms with Gasteiger partial charge in [-0.15, -0.1) is 0 Å². The van der Waals surface area contributed by atoms with Gasteiger partial charge in [0, 0.05) is 23.8 Å². The quantitative estimate of drug-likeness (QED) is 0.339. The molecule has 0 aromatic heterocycles. The highest BCUT2D eigenvalue weighted by atomic mass is 16.6. The Morgan fingerprint density at radius 3 is 2.56 bits per heavy atom. The Morgan fingerprint density at radius 1 is 1.32 bits per heavy atom. The highest BCUT2D eigenvalue weighted by Crippen LogP contribution is 2.52. The number of esters is 1. The van der Waals surface area contributed by atoms with Crippen LogP contribution in [0.1, 0.15) is 47.0 Å². The van der Waals surface area contributed by atoms with Crippen LogP contribution in [0.4, 0.5) is 0 Å². The second kappa shape index (κ2) is 6.20. The van der Waals surface area contributed by atoms with Crippen molar-refractivity contribution in [1.82, 2.24) is 0 Å². The molecule has 5 nitrogen and oxygen atoms in total. The lowest BCUT2D eigenvalue weighted by Gasteiger charge is -2.33. The van der Waals surface area contributed by atoms with Crippen molar-refractivity contribution >= 4 is 17.5 Å². The number of hydrogen-bond donors (Lipinski definition) is 0. The molecule has 3 rings (SSSR count). The van der Waals surface area contributed by atoms with Gasteiger partial charge < -0.3 is 9.47 Å². The molecule has 0 spiro atoms. The van der Waals surface area contributed by atoms with Crippen molar-refractivity contribution in [2.24, 2.45) is 17.8 Å². The van der Waals surface area contributed by atoms with E-state index in [-0.39, 0.29) is 35.4 Å². The molecule has 1 saturated heterocycles. The lowest BCUT2D eigenvalue weighted by atomic mass is 9.72. The number of carbonyl (C=O) groups excluding carboxylic acids is 3. The van der Waals surface area contributed by atoms with Crippen molar-refractivity contribution in [1.29, 1.82) is 0 Å². The zero-order valence-electron chi connectivity index (χ0n) is 15.3. The molecule has 5 heteroatoms. The zero-order chi connectivity index (χ0) is 18.5. The molecule has 0 amide bonds. The smallest absolute Gasteiger partial charge is 0.334 e. The van der Waals surface area contributed by atoms with E-state index in [0.29, 0.717) is 24.8 Å². The number of epoxide rings is 1. The standard InChI is InChI=1S/C20H26O5/c1-6-11(4)19(23)24-17-14(9-16-20(5,25-16)18(17)22)13-7-12(10(2)3)8-15(13)21/h6,12-14,16-17H,2,7-9H2,1,3-5H3. The van der Waals surface area contributed by atoms with Gasteiger partial charge in [-0.05, 0) is 46.5 Å². The Bertz CT molecular complexity index is 676. The molecular weight excluding hydrogens is 320 g/mol. The molecule has 0 aromatic rings. The maximum absolute atomic E-state index is 12.9. The largest absolute Gasteiger partial charge is 0.451 e. The first-order valence-corrected chi connectivity index (χ1v) is 8.93. The number of ether oxygens (including phenoxy) is 2. The van der Waals surface area contributed by atoms with E-state index in [1.807, 2.05) is 6.92 Å². The van der Waals surface area contributed by atoms with Gasteiger partial charge in [0.2, 0.25) is 5.78 Å². The summed E-state index contributed by atoms with van der Waals surface area (Å²) in [5.41, 5.74) is 0.581. The Kier molecular flexibility index (Phi) is 4.48. The summed E-state index contributed by atoms with van der Waals surface area (Å²) < 4.78 is 11.2. The van der Waals surface area contributed by atoms with Crippen LogP contribution >= 0.6 is 0 Å². The van der Waals surface area contributed by atoms with Gasteiger partial charge in [0.15, 0.2) is 11.7 Å². The predicted octanol–water partition coefficient (Wildman–Crippen LogP) is 2.78. The summed E-state index contributed by atoms with van der Waals surface area (Å²) in [4.78, 5) is 37.7. The van der Waals surface area contributed by atoms with E-state index in [0.717, 1.165) is 5.57 Å². The lowest BCUT2D eigenvalue weighted by molar-refractivity contribution is -0.160. The normalized spacial score (nSPS) is 40.6. The van der Waals surface area contributed by atoms with Crippen molar-refractivity contribution in [2.45, 2.75) is 64.8 Å². The van der Waals surface area contributed by atoms with Gasteiger partial charge in [0.05, 0.1) is 6.10 Å². The Balaban J connectivity index is 1.85. The summed E-state index contributed by atoms with van der Waals surface area (Å²) in [6.07, 6.45) is 2.28. The fourth-order valence-corrected chi connectivity index (χ4v) is 4.15. The third-order valence-electron chi connectivity index (χ3n) is 6.17. The molecular formula is C20H26O5. The van der Waals surface area contributed by atoms with Crippen LogP contribution in [0.3, 0.4) is 0 Å². The molecule has 0 bridgehead atoms. The van der Waals surface area contributed by atoms with E-state index in [1.165, 1.54) is 0 Å². The molecule has 6 atom stereocenters. The summed E-state index contributed by atoms with van der Waals surface area (Å²) in [6, 6.07) is 0. The molecule has 1 aliphatic heterocycles. The summed E-state index contributed by atoms with van der Waals surface area (Å²) in [7, 11) is 0. The van der Waals surface area contributed by atoms with Gasteiger partial charge in [0.1, 0.15) is 5.78 Å². The Labute approximate surface area is 148 Å². The average molecular weight is 346 g/mol. The minimum Gasteiger partial charge on any atom is -0.451 e. The van der Waals surface area contributed by atoms with Gasteiger partial charge in [0.25, 0.3) is 0 Å².